The summed E-state index contributed by atoms with van der Waals surface area (Å²) in [7, 11) is 0. The van der Waals surface area contributed by atoms with Crippen LogP contribution in [0.15, 0.2) is 66.7 Å². The fourth-order valence-corrected chi connectivity index (χ4v) is 5.41. The van der Waals surface area contributed by atoms with Crippen molar-refractivity contribution in [1.29, 1.82) is 0 Å². The summed E-state index contributed by atoms with van der Waals surface area (Å²) in [6.45, 7) is 5.82. The normalized spacial score (nSPS) is 22.3. The lowest BCUT2D eigenvalue weighted by atomic mass is 9.63. The van der Waals surface area contributed by atoms with E-state index in [1.807, 2.05) is 49.6 Å². The maximum atomic E-state index is 10.2. The van der Waals surface area contributed by atoms with Crippen LogP contribution < -0.4 is 5.73 Å². The molecule has 1 aliphatic carbocycles. The highest BCUT2D eigenvalue weighted by Crippen LogP contribution is 2.46. The molecule has 1 fully saturated rings. The molecule has 3 aromatic heterocycles. The molecule has 170 valence electrons. The molecule has 6 rings (SSSR count). The van der Waals surface area contributed by atoms with Gasteiger partial charge in [0.2, 0.25) is 0 Å². The van der Waals surface area contributed by atoms with Crippen LogP contribution in [-0.4, -0.2) is 30.3 Å². The van der Waals surface area contributed by atoms with Crippen molar-refractivity contribution in [3.63, 3.8) is 0 Å². The third kappa shape index (κ3) is 3.30. The van der Waals surface area contributed by atoms with Crippen LogP contribution in [0.25, 0.3) is 39.1 Å². The number of nitrogens with zero attached hydrogens (tertiary/aromatic N) is 4. The Morgan fingerprint density at radius 2 is 1.62 bits per heavy atom. The lowest BCUT2D eigenvalue weighted by molar-refractivity contribution is -0.0738. The Bertz CT molecular complexity index is 1540. The fraction of sp³-hybridized carbons (Fsp3) is 0.250. The molecular formula is C28H27N5O. The van der Waals surface area contributed by atoms with Crippen molar-refractivity contribution in [3.8, 4) is 22.4 Å². The zero-order chi connectivity index (χ0) is 23.7. The molecule has 3 heterocycles. The third-order valence-electron chi connectivity index (χ3n) is 6.90. The van der Waals surface area contributed by atoms with Gasteiger partial charge >= 0.3 is 0 Å². The second-order valence-electron chi connectivity index (χ2n) is 9.96. The van der Waals surface area contributed by atoms with Gasteiger partial charge < -0.3 is 10.8 Å². The first-order valence-electron chi connectivity index (χ1n) is 11.6. The molecule has 1 aliphatic rings. The van der Waals surface area contributed by atoms with Gasteiger partial charge in [-0.25, -0.2) is 9.97 Å². The summed E-state index contributed by atoms with van der Waals surface area (Å²) >= 11 is 0. The molecule has 3 N–H and O–H groups in total. The van der Waals surface area contributed by atoms with Gasteiger partial charge in [0.1, 0.15) is 0 Å². The predicted octanol–water partition coefficient (Wildman–Crippen LogP) is 4.93. The first-order chi connectivity index (χ1) is 16.2. The Kier molecular flexibility index (Phi) is 4.43. The summed E-state index contributed by atoms with van der Waals surface area (Å²) < 4.78 is 1.83. The minimum Gasteiger partial charge on any atom is -0.390 e. The fourth-order valence-electron chi connectivity index (χ4n) is 5.41. The van der Waals surface area contributed by atoms with E-state index in [1.165, 1.54) is 0 Å². The highest BCUT2D eigenvalue weighted by atomic mass is 16.3. The lowest BCUT2D eigenvalue weighted by Gasteiger charge is -2.49. The summed E-state index contributed by atoms with van der Waals surface area (Å²) in [5.74, 6) is 0. The van der Waals surface area contributed by atoms with E-state index in [0.29, 0.717) is 12.8 Å². The molecule has 0 radical (unpaired) electrons. The third-order valence-corrected chi connectivity index (χ3v) is 6.90. The molecule has 1 saturated carbocycles. The SMILES string of the molecule is Cc1cc2nc(C)c3cc(-c4ccccc4)c(-c4ccc([C@]5(N)C[C@@](C)(O)C5)cc4)nc3n2n1. The quantitative estimate of drug-likeness (QED) is 0.408. The van der Waals surface area contributed by atoms with E-state index in [-0.39, 0.29) is 0 Å². The smallest absolute Gasteiger partial charge is 0.165 e. The Balaban J connectivity index is 1.56. The first-order valence-corrected chi connectivity index (χ1v) is 11.6. The summed E-state index contributed by atoms with van der Waals surface area (Å²) in [5.41, 5.74) is 13.9. The van der Waals surface area contributed by atoms with E-state index in [1.54, 1.807) is 0 Å². The van der Waals surface area contributed by atoms with E-state index >= 15 is 0 Å². The highest BCUT2D eigenvalue weighted by Gasteiger charge is 2.49. The topological polar surface area (TPSA) is 89.3 Å². The van der Waals surface area contributed by atoms with Gasteiger partial charge in [0.15, 0.2) is 11.3 Å². The van der Waals surface area contributed by atoms with Crippen molar-refractivity contribution in [2.24, 2.45) is 5.73 Å². The van der Waals surface area contributed by atoms with Gasteiger partial charge in [-0.3, -0.25) is 0 Å². The second-order valence-corrected chi connectivity index (χ2v) is 9.96. The van der Waals surface area contributed by atoms with E-state index in [2.05, 4.69) is 47.6 Å². The number of aryl methyl sites for hydroxylation is 2. The number of hydrogen-bond donors (Lipinski definition) is 2. The monoisotopic (exact) mass is 449 g/mol. The van der Waals surface area contributed by atoms with Crippen LogP contribution in [0.2, 0.25) is 0 Å². The molecule has 0 spiro atoms. The van der Waals surface area contributed by atoms with Crippen molar-refractivity contribution >= 4 is 16.7 Å². The van der Waals surface area contributed by atoms with Gasteiger partial charge in [-0.05, 0) is 50.8 Å². The molecule has 0 atom stereocenters. The van der Waals surface area contributed by atoms with Gasteiger partial charge in [0, 0.05) is 28.1 Å². The number of rotatable bonds is 3. The van der Waals surface area contributed by atoms with Gasteiger partial charge in [-0.2, -0.15) is 9.61 Å². The van der Waals surface area contributed by atoms with E-state index in [9.17, 15) is 5.11 Å². The summed E-state index contributed by atoms with van der Waals surface area (Å²) in [4.78, 5) is 9.92. The van der Waals surface area contributed by atoms with Crippen molar-refractivity contribution in [2.45, 2.75) is 44.8 Å². The van der Waals surface area contributed by atoms with Crippen molar-refractivity contribution in [1.82, 2.24) is 19.6 Å². The molecule has 0 aliphatic heterocycles. The van der Waals surface area contributed by atoms with Crippen LogP contribution in [0.4, 0.5) is 0 Å². The molecule has 0 bridgehead atoms. The maximum absolute atomic E-state index is 10.2. The number of fused-ring (bicyclic) bond motifs is 3. The number of pyridine rings is 1. The van der Waals surface area contributed by atoms with E-state index in [0.717, 1.165) is 56.0 Å². The van der Waals surface area contributed by atoms with Crippen LogP contribution in [0.1, 0.15) is 36.7 Å². The van der Waals surface area contributed by atoms with Crippen LogP contribution in [0.5, 0.6) is 0 Å². The zero-order valence-electron chi connectivity index (χ0n) is 19.6. The molecule has 0 unspecified atom stereocenters. The van der Waals surface area contributed by atoms with Crippen molar-refractivity contribution in [3.05, 3.63) is 83.7 Å². The first kappa shape index (κ1) is 21.0. The van der Waals surface area contributed by atoms with Crippen LogP contribution in [0, 0.1) is 13.8 Å². The van der Waals surface area contributed by atoms with Gasteiger partial charge in [-0.15, -0.1) is 0 Å². The van der Waals surface area contributed by atoms with E-state index < -0.39 is 11.1 Å². The number of benzene rings is 2. The molecule has 6 heteroatoms. The van der Waals surface area contributed by atoms with Crippen LogP contribution in [-0.2, 0) is 5.54 Å². The minimum absolute atomic E-state index is 0.483. The van der Waals surface area contributed by atoms with Crippen LogP contribution >= 0.6 is 0 Å². The predicted molar refractivity (Wildman–Crippen MR) is 134 cm³/mol. The van der Waals surface area contributed by atoms with Gasteiger partial charge in [-0.1, -0.05) is 54.6 Å². The van der Waals surface area contributed by atoms with Crippen molar-refractivity contribution in [2.75, 3.05) is 0 Å². The number of aliphatic hydroxyl groups is 1. The summed E-state index contributed by atoms with van der Waals surface area (Å²) in [5, 5.41) is 15.8. The highest BCUT2D eigenvalue weighted by molar-refractivity contribution is 5.92. The summed E-state index contributed by atoms with van der Waals surface area (Å²) in [6.07, 6.45) is 1.12. The Hall–Kier alpha value is -3.61. The number of nitrogens with two attached hydrogens (primary N) is 1. The average Bonchev–Trinajstić information content (AvgIpc) is 3.18. The van der Waals surface area contributed by atoms with Gasteiger partial charge in [0.25, 0.3) is 0 Å². The Morgan fingerprint density at radius 3 is 2.29 bits per heavy atom. The Labute approximate surface area is 198 Å². The average molecular weight is 450 g/mol. The molecule has 6 nitrogen and oxygen atoms in total. The molecular weight excluding hydrogens is 422 g/mol. The molecule has 2 aromatic carbocycles. The molecule has 0 amide bonds. The standard InChI is InChI=1S/C28H27N5O/c1-17-13-24-30-18(2)22-14-23(19-7-5-4-6-8-19)25(31-26(22)33(24)32-17)20-9-11-21(12-10-20)28(29)15-27(3,34)16-28/h4-14,34H,15-16,29H2,1-3H3/t27-,28+. The summed E-state index contributed by atoms with van der Waals surface area (Å²) in [6, 6.07) is 22.7. The second kappa shape index (κ2) is 7.19. The largest absolute Gasteiger partial charge is 0.390 e. The maximum Gasteiger partial charge on any atom is 0.165 e. The molecule has 5 aromatic rings. The molecule has 0 saturated heterocycles. The van der Waals surface area contributed by atoms with Gasteiger partial charge in [0.05, 0.1) is 22.7 Å². The number of aromatic nitrogens is 4. The zero-order valence-corrected chi connectivity index (χ0v) is 19.6. The van der Waals surface area contributed by atoms with E-state index in [4.69, 9.17) is 15.7 Å². The minimum atomic E-state index is -0.688. The number of hydrogen-bond acceptors (Lipinski definition) is 5. The lowest BCUT2D eigenvalue weighted by Crippen LogP contribution is -2.58. The van der Waals surface area contributed by atoms with Crippen molar-refractivity contribution < 1.29 is 5.11 Å². The molecule has 34 heavy (non-hydrogen) atoms. The Morgan fingerprint density at radius 1 is 0.912 bits per heavy atom. The van der Waals surface area contributed by atoms with Crippen LogP contribution in [0.3, 0.4) is 0 Å².